The predicted octanol–water partition coefficient (Wildman–Crippen LogP) is 4.79. The van der Waals surface area contributed by atoms with Crippen molar-refractivity contribution < 1.29 is 14.2 Å². The number of thiophene rings is 1. The molecule has 2 N–H and O–H groups in total. The molecule has 29 heavy (non-hydrogen) atoms. The van der Waals surface area contributed by atoms with Crippen LogP contribution in [-0.2, 0) is 11.3 Å². The first-order chi connectivity index (χ1) is 14.2. The third-order valence-electron chi connectivity index (χ3n) is 4.57. The summed E-state index contributed by atoms with van der Waals surface area (Å²) in [7, 11) is 1.59. The van der Waals surface area contributed by atoms with Crippen molar-refractivity contribution in [1.29, 1.82) is 0 Å². The van der Waals surface area contributed by atoms with Crippen LogP contribution >= 0.6 is 11.3 Å². The van der Waals surface area contributed by atoms with Crippen LogP contribution in [-0.4, -0.2) is 28.7 Å². The van der Waals surface area contributed by atoms with Gasteiger partial charge in [0.1, 0.15) is 23.1 Å². The van der Waals surface area contributed by atoms with Crippen LogP contribution in [0.2, 0.25) is 0 Å². The van der Waals surface area contributed by atoms with Crippen LogP contribution in [0.4, 0.5) is 10.2 Å². The third-order valence-corrected chi connectivity index (χ3v) is 5.44. The monoisotopic (exact) mass is 409 g/mol. The first-order valence-corrected chi connectivity index (χ1v) is 10.0. The van der Waals surface area contributed by atoms with E-state index in [-0.39, 0.29) is 18.7 Å². The molecule has 0 bridgehead atoms. The van der Waals surface area contributed by atoms with Gasteiger partial charge in [-0.2, -0.15) is 0 Å². The fraction of sp³-hybridized carbons (Fsp3) is 0.182. The van der Waals surface area contributed by atoms with Gasteiger partial charge < -0.3 is 15.2 Å². The number of aromatic nitrogens is 2. The molecule has 5 nitrogen and oxygen atoms in total. The fourth-order valence-corrected chi connectivity index (χ4v) is 4.15. The molecule has 2 heterocycles. The number of fused-ring (bicyclic) bond motifs is 1. The second kappa shape index (κ2) is 8.65. The Morgan fingerprint density at radius 1 is 1.10 bits per heavy atom. The Morgan fingerprint density at radius 2 is 1.86 bits per heavy atom. The van der Waals surface area contributed by atoms with Crippen molar-refractivity contribution in [3.05, 3.63) is 77.2 Å². The summed E-state index contributed by atoms with van der Waals surface area (Å²) in [5.74, 6) is 0.706. The number of anilines is 1. The van der Waals surface area contributed by atoms with Crippen LogP contribution in [0, 0.1) is 5.82 Å². The summed E-state index contributed by atoms with van der Waals surface area (Å²) < 4.78 is 19.2. The van der Waals surface area contributed by atoms with Crippen molar-refractivity contribution in [2.45, 2.75) is 12.7 Å². The number of nitrogens with one attached hydrogen (secondary N) is 1. The van der Waals surface area contributed by atoms with E-state index in [2.05, 4.69) is 15.3 Å². The lowest BCUT2D eigenvalue weighted by Crippen LogP contribution is -2.15. The van der Waals surface area contributed by atoms with Gasteiger partial charge in [0.05, 0.1) is 11.5 Å². The number of hydrogen-bond acceptors (Lipinski definition) is 6. The number of nitrogens with zero attached hydrogens (tertiary/aromatic N) is 2. The van der Waals surface area contributed by atoms with Crippen LogP contribution in [0.3, 0.4) is 0 Å². The van der Waals surface area contributed by atoms with E-state index in [1.165, 1.54) is 17.4 Å². The first-order valence-electron chi connectivity index (χ1n) is 9.16. The largest absolute Gasteiger partial charge is 0.386 e. The van der Waals surface area contributed by atoms with Crippen molar-refractivity contribution in [1.82, 2.24) is 9.97 Å². The molecular weight excluding hydrogens is 389 g/mol. The third kappa shape index (κ3) is 4.12. The van der Waals surface area contributed by atoms with Crippen molar-refractivity contribution in [3.63, 3.8) is 0 Å². The maximum Gasteiger partial charge on any atom is 0.158 e. The highest BCUT2D eigenvalue weighted by Gasteiger charge is 2.17. The van der Waals surface area contributed by atoms with Gasteiger partial charge in [0.2, 0.25) is 0 Å². The average Bonchev–Trinajstić information content (AvgIpc) is 3.17. The van der Waals surface area contributed by atoms with E-state index in [4.69, 9.17) is 4.74 Å². The van der Waals surface area contributed by atoms with Gasteiger partial charge in [-0.25, -0.2) is 14.4 Å². The summed E-state index contributed by atoms with van der Waals surface area (Å²) in [4.78, 5) is 10.0. The van der Waals surface area contributed by atoms with E-state index in [0.29, 0.717) is 11.6 Å². The molecule has 2 aromatic heterocycles. The molecule has 2 aromatic carbocycles. The zero-order valence-electron chi connectivity index (χ0n) is 15.8. The molecule has 0 saturated heterocycles. The number of rotatable bonds is 7. The van der Waals surface area contributed by atoms with E-state index < -0.39 is 11.9 Å². The smallest absolute Gasteiger partial charge is 0.158 e. The van der Waals surface area contributed by atoms with E-state index >= 15 is 0 Å². The number of methoxy groups -OCH3 is 1. The highest BCUT2D eigenvalue weighted by molar-refractivity contribution is 7.17. The zero-order chi connectivity index (χ0) is 20.2. The summed E-state index contributed by atoms with van der Waals surface area (Å²) >= 11 is 1.53. The Hall–Kier alpha value is -2.87. The molecule has 0 radical (unpaired) electrons. The summed E-state index contributed by atoms with van der Waals surface area (Å²) in [6.07, 6.45) is -1.01. The van der Waals surface area contributed by atoms with Gasteiger partial charge >= 0.3 is 0 Å². The summed E-state index contributed by atoms with van der Waals surface area (Å²) in [6, 6.07) is 16.2. The molecule has 7 heteroatoms. The average molecular weight is 409 g/mol. The normalized spacial score (nSPS) is 12.2. The molecule has 0 aliphatic rings. The maximum atomic E-state index is 14.0. The molecule has 0 aliphatic carbocycles. The maximum absolute atomic E-state index is 14.0. The molecular formula is C22H20FN3O2S. The predicted molar refractivity (Wildman–Crippen MR) is 113 cm³/mol. The number of aliphatic hydroxyl groups excluding tert-OH is 1. The Morgan fingerprint density at radius 3 is 2.62 bits per heavy atom. The SMILES string of the molecule is COCc1nc(NCC(O)c2ccccc2F)c2c(-c3ccccc3)csc2n1. The van der Waals surface area contributed by atoms with E-state index in [1.54, 1.807) is 25.3 Å². The summed E-state index contributed by atoms with van der Waals surface area (Å²) in [5, 5.41) is 16.6. The Bertz CT molecular complexity index is 1120. The molecule has 0 spiro atoms. The number of halogens is 1. The molecule has 1 unspecified atom stereocenters. The van der Waals surface area contributed by atoms with Gasteiger partial charge in [-0.05, 0) is 11.6 Å². The lowest BCUT2D eigenvalue weighted by molar-refractivity contribution is 0.178. The molecule has 4 rings (SSSR count). The minimum atomic E-state index is -1.01. The van der Waals surface area contributed by atoms with Gasteiger partial charge in [0.15, 0.2) is 5.82 Å². The van der Waals surface area contributed by atoms with Crippen molar-refractivity contribution >= 4 is 27.4 Å². The van der Waals surface area contributed by atoms with Crippen LogP contribution in [0.25, 0.3) is 21.3 Å². The Kier molecular flexibility index (Phi) is 5.80. The van der Waals surface area contributed by atoms with Crippen LogP contribution in [0.1, 0.15) is 17.5 Å². The molecule has 0 fully saturated rings. The van der Waals surface area contributed by atoms with E-state index in [1.807, 2.05) is 35.7 Å². The molecule has 0 saturated carbocycles. The van der Waals surface area contributed by atoms with Gasteiger partial charge in [-0.15, -0.1) is 11.3 Å². The minimum absolute atomic E-state index is 0.115. The van der Waals surface area contributed by atoms with Crippen LogP contribution in [0.15, 0.2) is 60.0 Å². The van der Waals surface area contributed by atoms with Crippen LogP contribution < -0.4 is 5.32 Å². The van der Waals surface area contributed by atoms with E-state index in [0.717, 1.165) is 21.3 Å². The molecule has 0 amide bonds. The first kappa shape index (κ1) is 19.4. The lowest BCUT2D eigenvalue weighted by atomic mass is 10.1. The number of aliphatic hydroxyl groups is 1. The number of benzene rings is 2. The number of hydrogen-bond donors (Lipinski definition) is 2. The van der Waals surface area contributed by atoms with E-state index in [9.17, 15) is 9.50 Å². The van der Waals surface area contributed by atoms with Gasteiger partial charge in [0, 0.05) is 30.2 Å². The van der Waals surface area contributed by atoms with Gasteiger partial charge in [-0.1, -0.05) is 48.5 Å². The zero-order valence-corrected chi connectivity index (χ0v) is 16.6. The second-order valence-electron chi connectivity index (χ2n) is 6.54. The van der Waals surface area contributed by atoms with Crippen LogP contribution in [0.5, 0.6) is 0 Å². The second-order valence-corrected chi connectivity index (χ2v) is 7.39. The highest BCUT2D eigenvalue weighted by atomic mass is 32.1. The van der Waals surface area contributed by atoms with Gasteiger partial charge in [-0.3, -0.25) is 0 Å². The minimum Gasteiger partial charge on any atom is -0.386 e. The summed E-state index contributed by atoms with van der Waals surface area (Å²) in [6.45, 7) is 0.391. The van der Waals surface area contributed by atoms with Gasteiger partial charge in [0.25, 0.3) is 0 Å². The van der Waals surface area contributed by atoms with Crippen molar-refractivity contribution in [2.24, 2.45) is 0 Å². The number of ether oxygens (including phenoxy) is 1. The van der Waals surface area contributed by atoms with Crippen molar-refractivity contribution in [3.8, 4) is 11.1 Å². The molecule has 1 atom stereocenters. The van der Waals surface area contributed by atoms with Crippen molar-refractivity contribution in [2.75, 3.05) is 19.0 Å². The topological polar surface area (TPSA) is 67.3 Å². The standard InChI is InChI=1S/C22H20FN3O2S/c1-28-12-19-25-21(24-11-18(27)15-9-5-6-10-17(15)23)20-16(13-29-22(20)26-19)14-7-3-2-4-8-14/h2-10,13,18,27H,11-12H2,1H3,(H,24,25,26). The fourth-order valence-electron chi connectivity index (χ4n) is 3.19. The molecule has 148 valence electrons. The Balaban J connectivity index is 1.71. The lowest BCUT2D eigenvalue weighted by Gasteiger charge is -2.15. The quantitative estimate of drug-likeness (QED) is 0.459. The Labute approximate surface area is 171 Å². The molecule has 0 aliphatic heterocycles. The summed E-state index contributed by atoms with van der Waals surface area (Å²) in [5.41, 5.74) is 2.31. The highest BCUT2D eigenvalue weighted by Crippen LogP contribution is 2.37. The molecule has 4 aromatic rings.